The highest BCUT2D eigenvalue weighted by Gasteiger charge is 2.30. The molecule has 0 bridgehead atoms. The molecule has 0 aromatic heterocycles. The quantitative estimate of drug-likeness (QED) is 0.936. The number of rotatable bonds is 4. The molecule has 0 unspecified atom stereocenters. The fourth-order valence-corrected chi connectivity index (χ4v) is 1.84. The number of methoxy groups -OCH3 is 1. The summed E-state index contributed by atoms with van der Waals surface area (Å²) in [5.74, 6) is 0.280. The Morgan fingerprint density at radius 3 is 2.14 bits per heavy atom. The van der Waals surface area contributed by atoms with Gasteiger partial charge >= 0.3 is 6.18 Å². The Balaban J connectivity index is 1.97. The van der Waals surface area contributed by atoms with E-state index in [9.17, 15) is 18.0 Å². The Morgan fingerprint density at radius 1 is 1.05 bits per heavy atom. The second kappa shape index (κ2) is 6.51. The highest BCUT2D eigenvalue weighted by Crippen LogP contribution is 2.29. The molecule has 0 radical (unpaired) electrons. The number of hydrogen-bond donors (Lipinski definition) is 1. The Bertz CT molecular complexity index is 634. The molecular formula is C16H14F3NO2. The van der Waals surface area contributed by atoms with Gasteiger partial charge in [0.05, 0.1) is 12.7 Å². The minimum absolute atomic E-state index is 0.182. The molecule has 0 aliphatic heterocycles. The first-order chi connectivity index (χ1) is 10.4. The second-order valence-corrected chi connectivity index (χ2v) is 4.61. The van der Waals surface area contributed by atoms with Crippen molar-refractivity contribution in [3.8, 4) is 5.75 Å². The van der Waals surface area contributed by atoms with Gasteiger partial charge in [0, 0.05) is 12.1 Å². The van der Waals surface area contributed by atoms with Gasteiger partial charge in [0.2, 0.25) is 0 Å². The van der Waals surface area contributed by atoms with Crippen LogP contribution < -0.4 is 10.1 Å². The first-order valence-electron chi connectivity index (χ1n) is 6.48. The molecule has 22 heavy (non-hydrogen) atoms. The zero-order chi connectivity index (χ0) is 16.2. The van der Waals surface area contributed by atoms with Crippen LogP contribution in [0.5, 0.6) is 5.75 Å². The number of hydrogen-bond acceptors (Lipinski definition) is 2. The number of amides is 1. The molecule has 0 spiro atoms. The summed E-state index contributed by atoms with van der Waals surface area (Å²) >= 11 is 0. The molecule has 0 atom stereocenters. The number of benzene rings is 2. The van der Waals surface area contributed by atoms with E-state index in [0.29, 0.717) is 5.75 Å². The van der Waals surface area contributed by atoms with E-state index in [-0.39, 0.29) is 12.1 Å². The van der Waals surface area contributed by atoms with Gasteiger partial charge in [-0.3, -0.25) is 4.79 Å². The Morgan fingerprint density at radius 2 is 1.64 bits per heavy atom. The van der Waals surface area contributed by atoms with Gasteiger partial charge in [-0.2, -0.15) is 13.2 Å². The van der Waals surface area contributed by atoms with Gasteiger partial charge in [-0.05, 0) is 42.0 Å². The van der Waals surface area contributed by atoms with Crippen LogP contribution in [0, 0.1) is 0 Å². The van der Waals surface area contributed by atoms with Crippen LogP contribution in [0.1, 0.15) is 21.5 Å². The van der Waals surface area contributed by atoms with E-state index in [1.165, 1.54) is 0 Å². The number of carbonyl (C=O) groups excluding carboxylic acids is 1. The number of carbonyl (C=O) groups is 1. The van der Waals surface area contributed by atoms with E-state index < -0.39 is 17.6 Å². The Kier molecular flexibility index (Phi) is 4.70. The third-order valence-corrected chi connectivity index (χ3v) is 3.09. The number of nitrogens with one attached hydrogen (secondary N) is 1. The molecule has 0 heterocycles. The van der Waals surface area contributed by atoms with Gasteiger partial charge in [0.25, 0.3) is 5.91 Å². The van der Waals surface area contributed by atoms with Crippen molar-refractivity contribution >= 4 is 5.91 Å². The van der Waals surface area contributed by atoms with Crippen LogP contribution in [-0.2, 0) is 12.7 Å². The molecule has 0 aliphatic rings. The van der Waals surface area contributed by atoms with Gasteiger partial charge in [0.15, 0.2) is 0 Å². The van der Waals surface area contributed by atoms with Gasteiger partial charge in [0.1, 0.15) is 5.75 Å². The highest BCUT2D eigenvalue weighted by molar-refractivity contribution is 5.94. The maximum Gasteiger partial charge on any atom is 0.416 e. The first-order valence-corrected chi connectivity index (χ1v) is 6.48. The second-order valence-electron chi connectivity index (χ2n) is 4.61. The van der Waals surface area contributed by atoms with Crippen molar-refractivity contribution in [2.24, 2.45) is 0 Å². The van der Waals surface area contributed by atoms with Gasteiger partial charge in [-0.1, -0.05) is 12.1 Å². The zero-order valence-corrected chi connectivity index (χ0v) is 11.8. The molecule has 1 amide bonds. The van der Waals surface area contributed by atoms with E-state index in [0.717, 1.165) is 29.8 Å². The van der Waals surface area contributed by atoms with Crippen LogP contribution in [0.4, 0.5) is 13.2 Å². The lowest BCUT2D eigenvalue weighted by molar-refractivity contribution is -0.137. The van der Waals surface area contributed by atoms with Crippen molar-refractivity contribution in [1.82, 2.24) is 5.32 Å². The number of alkyl halides is 3. The van der Waals surface area contributed by atoms with E-state index in [2.05, 4.69) is 5.32 Å². The molecule has 0 fully saturated rings. The van der Waals surface area contributed by atoms with Crippen LogP contribution in [0.2, 0.25) is 0 Å². The maximum absolute atomic E-state index is 12.4. The molecule has 2 aromatic rings. The monoisotopic (exact) mass is 309 g/mol. The summed E-state index contributed by atoms with van der Waals surface area (Å²) < 4.78 is 42.3. The minimum atomic E-state index is -4.40. The molecule has 2 aromatic carbocycles. The summed E-state index contributed by atoms with van der Waals surface area (Å²) in [4.78, 5) is 11.9. The molecule has 3 nitrogen and oxygen atoms in total. The lowest BCUT2D eigenvalue weighted by Crippen LogP contribution is -2.22. The van der Waals surface area contributed by atoms with Crippen LogP contribution in [-0.4, -0.2) is 13.0 Å². The largest absolute Gasteiger partial charge is 0.497 e. The summed E-state index contributed by atoms with van der Waals surface area (Å²) in [5.41, 5.74) is 0.266. The minimum Gasteiger partial charge on any atom is -0.497 e. The van der Waals surface area contributed by atoms with Gasteiger partial charge in [-0.25, -0.2) is 0 Å². The summed E-state index contributed by atoms with van der Waals surface area (Å²) in [6.45, 7) is 0.282. The normalized spacial score (nSPS) is 11.1. The summed E-state index contributed by atoms with van der Waals surface area (Å²) in [5, 5.41) is 2.65. The first kappa shape index (κ1) is 15.9. The molecule has 116 valence electrons. The Labute approximate surface area is 125 Å². The van der Waals surface area contributed by atoms with Gasteiger partial charge < -0.3 is 10.1 Å². The van der Waals surface area contributed by atoms with Crippen LogP contribution in [0.25, 0.3) is 0 Å². The predicted octanol–water partition coefficient (Wildman–Crippen LogP) is 3.64. The molecule has 6 heteroatoms. The Hall–Kier alpha value is -2.50. The fourth-order valence-electron chi connectivity index (χ4n) is 1.84. The molecule has 0 aliphatic carbocycles. The zero-order valence-electron chi connectivity index (χ0n) is 11.8. The van der Waals surface area contributed by atoms with Crippen LogP contribution in [0.3, 0.4) is 0 Å². The van der Waals surface area contributed by atoms with Crippen molar-refractivity contribution in [3.63, 3.8) is 0 Å². The average Bonchev–Trinajstić information content (AvgIpc) is 2.52. The molecule has 1 N–H and O–H groups in total. The van der Waals surface area contributed by atoms with Crippen molar-refractivity contribution in [3.05, 3.63) is 65.2 Å². The van der Waals surface area contributed by atoms with Crippen LogP contribution in [0.15, 0.2) is 48.5 Å². The maximum atomic E-state index is 12.4. The SMILES string of the molecule is COc1ccc(CNC(=O)c2ccc(C(F)(F)F)cc2)cc1. The predicted molar refractivity (Wildman–Crippen MR) is 75.6 cm³/mol. The van der Waals surface area contributed by atoms with Crippen molar-refractivity contribution < 1.29 is 22.7 Å². The molecule has 0 saturated carbocycles. The van der Waals surface area contributed by atoms with Gasteiger partial charge in [-0.15, -0.1) is 0 Å². The van der Waals surface area contributed by atoms with E-state index in [1.807, 2.05) is 0 Å². The van der Waals surface area contributed by atoms with E-state index in [1.54, 1.807) is 31.4 Å². The summed E-state index contributed by atoms with van der Waals surface area (Å²) in [6.07, 6.45) is -4.40. The van der Waals surface area contributed by atoms with E-state index in [4.69, 9.17) is 4.74 Å². The standard InChI is InChI=1S/C16H14F3NO2/c1-22-14-8-2-11(3-9-14)10-20-15(21)12-4-6-13(7-5-12)16(17,18)19/h2-9H,10H2,1H3,(H,20,21). The molecular weight excluding hydrogens is 295 g/mol. The lowest BCUT2D eigenvalue weighted by Gasteiger charge is -2.09. The topological polar surface area (TPSA) is 38.3 Å². The van der Waals surface area contributed by atoms with Crippen molar-refractivity contribution in [2.75, 3.05) is 7.11 Å². The van der Waals surface area contributed by atoms with Crippen molar-refractivity contribution in [2.45, 2.75) is 12.7 Å². The average molecular weight is 309 g/mol. The fraction of sp³-hybridized carbons (Fsp3) is 0.188. The third-order valence-electron chi connectivity index (χ3n) is 3.09. The molecule has 0 saturated heterocycles. The summed E-state index contributed by atoms with van der Waals surface area (Å²) in [7, 11) is 1.56. The summed E-state index contributed by atoms with van der Waals surface area (Å²) in [6, 6.07) is 11.2. The smallest absolute Gasteiger partial charge is 0.416 e. The third kappa shape index (κ3) is 4.00. The number of halogens is 3. The number of ether oxygens (including phenoxy) is 1. The van der Waals surface area contributed by atoms with Crippen LogP contribution >= 0.6 is 0 Å². The lowest BCUT2D eigenvalue weighted by atomic mass is 10.1. The van der Waals surface area contributed by atoms with E-state index >= 15 is 0 Å². The van der Waals surface area contributed by atoms with Crippen molar-refractivity contribution in [1.29, 1.82) is 0 Å². The molecule has 2 rings (SSSR count). The highest BCUT2D eigenvalue weighted by atomic mass is 19.4.